The van der Waals surface area contributed by atoms with Crippen molar-refractivity contribution in [2.45, 2.75) is 65.5 Å². The second kappa shape index (κ2) is 6.38. The highest BCUT2D eigenvalue weighted by atomic mass is 15.2. The van der Waals surface area contributed by atoms with Gasteiger partial charge < -0.3 is 5.32 Å². The molecule has 0 amide bonds. The van der Waals surface area contributed by atoms with Crippen LogP contribution in [0, 0.1) is 17.8 Å². The third-order valence-electron chi connectivity index (χ3n) is 5.28. The van der Waals surface area contributed by atoms with E-state index in [4.69, 9.17) is 0 Å². The van der Waals surface area contributed by atoms with Crippen LogP contribution in [-0.4, -0.2) is 36.6 Å². The minimum absolute atomic E-state index is 0.798. The second-order valence-corrected chi connectivity index (χ2v) is 6.87. The molecular formula is C16H32N2. The van der Waals surface area contributed by atoms with Crippen LogP contribution in [0.2, 0.25) is 0 Å². The normalized spacial score (nSPS) is 37.7. The molecule has 2 rings (SSSR count). The lowest BCUT2D eigenvalue weighted by molar-refractivity contribution is 0.0376. The van der Waals surface area contributed by atoms with Gasteiger partial charge in [-0.05, 0) is 50.1 Å². The lowest BCUT2D eigenvalue weighted by Crippen LogP contribution is -2.51. The molecule has 2 fully saturated rings. The van der Waals surface area contributed by atoms with Crippen LogP contribution in [-0.2, 0) is 0 Å². The fourth-order valence-electron chi connectivity index (χ4n) is 4.22. The van der Waals surface area contributed by atoms with E-state index in [0.717, 1.165) is 29.8 Å². The van der Waals surface area contributed by atoms with Gasteiger partial charge in [0.2, 0.25) is 0 Å². The molecule has 1 saturated heterocycles. The zero-order valence-corrected chi connectivity index (χ0v) is 12.8. The molecule has 1 N–H and O–H groups in total. The van der Waals surface area contributed by atoms with Crippen LogP contribution in [0.4, 0.5) is 0 Å². The van der Waals surface area contributed by atoms with E-state index in [1.54, 1.807) is 0 Å². The van der Waals surface area contributed by atoms with E-state index in [1.807, 2.05) is 0 Å². The first-order valence-electron chi connectivity index (χ1n) is 8.10. The Morgan fingerprint density at radius 2 is 2.00 bits per heavy atom. The summed E-state index contributed by atoms with van der Waals surface area (Å²) >= 11 is 0. The van der Waals surface area contributed by atoms with E-state index < -0.39 is 0 Å². The molecule has 1 saturated carbocycles. The molecule has 2 nitrogen and oxygen atoms in total. The predicted molar refractivity (Wildman–Crippen MR) is 78.8 cm³/mol. The highest BCUT2D eigenvalue weighted by Gasteiger charge is 2.37. The van der Waals surface area contributed by atoms with Crippen molar-refractivity contribution in [1.29, 1.82) is 0 Å². The number of nitrogens with one attached hydrogen (secondary N) is 1. The van der Waals surface area contributed by atoms with Gasteiger partial charge in [0, 0.05) is 18.6 Å². The topological polar surface area (TPSA) is 15.3 Å². The van der Waals surface area contributed by atoms with Crippen molar-refractivity contribution < 1.29 is 0 Å². The third kappa shape index (κ3) is 3.08. The summed E-state index contributed by atoms with van der Waals surface area (Å²) in [7, 11) is 0. The molecule has 0 bridgehead atoms. The third-order valence-corrected chi connectivity index (χ3v) is 5.28. The van der Waals surface area contributed by atoms with Crippen LogP contribution in [0.15, 0.2) is 0 Å². The fourth-order valence-corrected chi connectivity index (χ4v) is 4.22. The Bertz CT molecular complexity index is 245. The van der Waals surface area contributed by atoms with E-state index >= 15 is 0 Å². The first-order valence-corrected chi connectivity index (χ1v) is 8.10. The van der Waals surface area contributed by atoms with Gasteiger partial charge in [0.1, 0.15) is 0 Å². The molecule has 4 atom stereocenters. The summed E-state index contributed by atoms with van der Waals surface area (Å²) < 4.78 is 0. The van der Waals surface area contributed by atoms with Crippen molar-refractivity contribution in [2.24, 2.45) is 17.8 Å². The molecule has 0 aromatic heterocycles. The average molecular weight is 252 g/mol. The lowest BCUT2D eigenvalue weighted by Gasteiger charge is -2.46. The van der Waals surface area contributed by atoms with Crippen LogP contribution in [0.3, 0.4) is 0 Å². The molecule has 2 aliphatic rings. The van der Waals surface area contributed by atoms with E-state index in [2.05, 4.69) is 37.9 Å². The number of likely N-dealkylation sites (N-methyl/N-ethyl adjacent to an activating group) is 1. The molecule has 106 valence electrons. The summed E-state index contributed by atoms with van der Waals surface area (Å²) in [6.07, 6.45) is 5.66. The number of nitrogens with zero attached hydrogens (tertiary/aromatic N) is 1. The predicted octanol–water partition coefficient (Wildman–Crippen LogP) is 3.13. The van der Waals surface area contributed by atoms with Crippen molar-refractivity contribution >= 4 is 0 Å². The Labute approximate surface area is 114 Å². The van der Waals surface area contributed by atoms with Gasteiger partial charge in [-0.3, -0.25) is 4.90 Å². The zero-order chi connectivity index (χ0) is 13.1. The summed E-state index contributed by atoms with van der Waals surface area (Å²) in [5, 5.41) is 3.54. The number of rotatable bonds is 4. The van der Waals surface area contributed by atoms with Crippen LogP contribution in [0.25, 0.3) is 0 Å². The highest BCUT2D eigenvalue weighted by Crippen LogP contribution is 2.37. The van der Waals surface area contributed by atoms with Gasteiger partial charge in [-0.25, -0.2) is 0 Å². The lowest BCUT2D eigenvalue weighted by atomic mass is 9.73. The van der Waals surface area contributed by atoms with E-state index in [9.17, 15) is 0 Å². The molecule has 0 aromatic carbocycles. The highest BCUT2D eigenvalue weighted by molar-refractivity contribution is 4.92. The van der Waals surface area contributed by atoms with Crippen molar-refractivity contribution in [3.05, 3.63) is 0 Å². The molecule has 1 heterocycles. The Hall–Kier alpha value is -0.0800. The fraction of sp³-hybridized carbons (Fsp3) is 1.00. The SMILES string of the molecule is CCN(C1CCNC1)C1CC(C)CCC1C(C)C. The molecule has 4 unspecified atom stereocenters. The summed E-state index contributed by atoms with van der Waals surface area (Å²) in [5.41, 5.74) is 0. The van der Waals surface area contributed by atoms with Crippen LogP contribution < -0.4 is 5.32 Å². The molecular weight excluding hydrogens is 220 g/mol. The minimum Gasteiger partial charge on any atom is -0.315 e. The molecule has 0 radical (unpaired) electrons. The quantitative estimate of drug-likeness (QED) is 0.827. The first-order chi connectivity index (χ1) is 8.63. The number of hydrogen-bond acceptors (Lipinski definition) is 2. The summed E-state index contributed by atoms with van der Waals surface area (Å²) in [4.78, 5) is 2.83. The van der Waals surface area contributed by atoms with Gasteiger partial charge in [-0.1, -0.05) is 34.1 Å². The van der Waals surface area contributed by atoms with Gasteiger partial charge in [-0.15, -0.1) is 0 Å². The van der Waals surface area contributed by atoms with Crippen molar-refractivity contribution in [2.75, 3.05) is 19.6 Å². The molecule has 1 aliphatic heterocycles. The van der Waals surface area contributed by atoms with Crippen LogP contribution >= 0.6 is 0 Å². The zero-order valence-electron chi connectivity index (χ0n) is 12.8. The summed E-state index contributed by atoms with van der Waals surface area (Å²) in [6, 6.07) is 1.63. The molecule has 0 aromatic rings. The molecule has 2 heteroatoms. The Kier molecular flexibility index (Phi) is 5.08. The smallest absolute Gasteiger partial charge is 0.0235 e. The van der Waals surface area contributed by atoms with E-state index in [0.29, 0.717) is 0 Å². The Morgan fingerprint density at radius 1 is 1.22 bits per heavy atom. The standard InChI is InChI=1S/C16H32N2/c1-5-18(14-8-9-17-11-14)16-10-13(4)6-7-15(16)12(2)3/h12-17H,5-11H2,1-4H3. The van der Waals surface area contributed by atoms with Gasteiger partial charge in [0.25, 0.3) is 0 Å². The molecule has 18 heavy (non-hydrogen) atoms. The maximum absolute atomic E-state index is 3.54. The summed E-state index contributed by atoms with van der Waals surface area (Å²) in [5.74, 6) is 2.68. The van der Waals surface area contributed by atoms with Gasteiger partial charge in [0.15, 0.2) is 0 Å². The first kappa shape index (κ1) is 14.3. The second-order valence-electron chi connectivity index (χ2n) is 6.87. The van der Waals surface area contributed by atoms with Gasteiger partial charge >= 0.3 is 0 Å². The molecule has 0 spiro atoms. The maximum atomic E-state index is 3.54. The van der Waals surface area contributed by atoms with Crippen LogP contribution in [0.1, 0.15) is 53.4 Å². The Morgan fingerprint density at radius 3 is 2.56 bits per heavy atom. The van der Waals surface area contributed by atoms with Crippen LogP contribution in [0.5, 0.6) is 0 Å². The minimum atomic E-state index is 0.798. The van der Waals surface area contributed by atoms with E-state index in [-0.39, 0.29) is 0 Å². The van der Waals surface area contributed by atoms with Crippen molar-refractivity contribution in [3.8, 4) is 0 Å². The monoisotopic (exact) mass is 252 g/mol. The average Bonchev–Trinajstić information content (AvgIpc) is 2.83. The van der Waals surface area contributed by atoms with Gasteiger partial charge in [0.05, 0.1) is 0 Å². The largest absolute Gasteiger partial charge is 0.315 e. The van der Waals surface area contributed by atoms with Crippen molar-refractivity contribution in [3.63, 3.8) is 0 Å². The maximum Gasteiger partial charge on any atom is 0.0235 e. The van der Waals surface area contributed by atoms with Crippen molar-refractivity contribution in [1.82, 2.24) is 10.2 Å². The summed E-state index contributed by atoms with van der Waals surface area (Å²) in [6.45, 7) is 13.3. The number of hydrogen-bond donors (Lipinski definition) is 1. The van der Waals surface area contributed by atoms with Gasteiger partial charge in [-0.2, -0.15) is 0 Å². The molecule has 1 aliphatic carbocycles. The van der Waals surface area contributed by atoms with E-state index in [1.165, 1.54) is 45.3 Å². The Balaban J connectivity index is 2.08.